The van der Waals surface area contributed by atoms with Crippen molar-refractivity contribution in [3.05, 3.63) is 98.7 Å². The van der Waals surface area contributed by atoms with Crippen LogP contribution in [0.15, 0.2) is 71.6 Å². The lowest BCUT2D eigenvalue weighted by atomic mass is 9.88. The van der Waals surface area contributed by atoms with Gasteiger partial charge in [0.05, 0.1) is 4.90 Å². The van der Waals surface area contributed by atoms with Gasteiger partial charge in [-0.3, -0.25) is 9.35 Å². The minimum absolute atomic E-state index is 0.0741. The third kappa shape index (κ3) is 4.06. The van der Waals surface area contributed by atoms with Crippen LogP contribution in [0.25, 0.3) is 12.2 Å². The molecule has 0 atom stereocenters. The van der Waals surface area contributed by atoms with Crippen molar-refractivity contribution in [2.24, 2.45) is 0 Å². The highest BCUT2D eigenvalue weighted by atomic mass is 32.2. The molecule has 0 fully saturated rings. The van der Waals surface area contributed by atoms with E-state index in [4.69, 9.17) is 4.55 Å². The predicted molar refractivity (Wildman–Crippen MR) is 112 cm³/mol. The molecule has 2 aliphatic rings. The van der Waals surface area contributed by atoms with Crippen LogP contribution < -0.4 is 10.4 Å². The average Bonchev–Trinajstić information content (AvgIpc) is 2.73. The molecule has 4 nitrogen and oxygen atoms in total. The fourth-order valence-electron chi connectivity index (χ4n) is 3.85. The van der Waals surface area contributed by atoms with E-state index in [9.17, 15) is 13.2 Å². The standard InChI is InChI=1S/C18H14O.C6H6O3S/c19-14-7-10-16-13(11-14)6-9-17-15-4-2-1-3-12(15)5-8-18(16)17;7-10(8,9)6-4-2-1-3-5-6/h1-6,9,11H,7-8,10H2;1-5H,(H,7,8,9). The molecule has 5 heteroatoms. The second kappa shape index (κ2) is 7.78. The van der Waals surface area contributed by atoms with Gasteiger partial charge in [0.1, 0.15) is 0 Å². The van der Waals surface area contributed by atoms with Crippen LogP contribution >= 0.6 is 0 Å². The zero-order valence-corrected chi connectivity index (χ0v) is 16.5. The fourth-order valence-corrected chi connectivity index (χ4v) is 4.35. The molecule has 0 unspecified atom stereocenters. The number of hydrogen-bond acceptors (Lipinski definition) is 3. The SMILES string of the molecule is O=C1C=c2ccc3c(c2CC1)CC=c1ccccc1=3.O=S(=O)(O)c1ccccc1. The van der Waals surface area contributed by atoms with Crippen molar-refractivity contribution in [3.8, 4) is 0 Å². The van der Waals surface area contributed by atoms with E-state index >= 15 is 0 Å². The van der Waals surface area contributed by atoms with Crippen LogP contribution in [-0.2, 0) is 27.8 Å². The van der Waals surface area contributed by atoms with E-state index in [2.05, 4.69) is 42.5 Å². The Hall–Kier alpha value is -3.02. The molecule has 0 heterocycles. The van der Waals surface area contributed by atoms with Crippen molar-refractivity contribution in [1.82, 2.24) is 0 Å². The Morgan fingerprint density at radius 1 is 0.724 bits per heavy atom. The monoisotopic (exact) mass is 404 g/mol. The zero-order valence-electron chi connectivity index (χ0n) is 15.7. The zero-order chi connectivity index (χ0) is 20.4. The van der Waals surface area contributed by atoms with Crippen molar-refractivity contribution < 1.29 is 17.8 Å². The van der Waals surface area contributed by atoms with Gasteiger partial charge in [-0.05, 0) is 63.1 Å². The number of carbonyl (C=O) groups excluding carboxylic acids is 1. The minimum Gasteiger partial charge on any atom is -0.295 e. The Labute approximate surface area is 168 Å². The van der Waals surface area contributed by atoms with Gasteiger partial charge in [-0.1, -0.05) is 60.7 Å². The molecule has 1 N–H and O–H groups in total. The number of fused-ring (bicyclic) bond motifs is 4. The van der Waals surface area contributed by atoms with Crippen LogP contribution in [0.4, 0.5) is 0 Å². The second-order valence-electron chi connectivity index (χ2n) is 7.05. The number of hydrogen-bond donors (Lipinski definition) is 1. The molecule has 0 aromatic heterocycles. The predicted octanol–water partition coefficient (Wildman–Crippen LogP) is 2.54. The smallest absolute Gasteiger partial charge is 0.294 e. The molecule has 0 aliphatic heterocycles. The first kappa shape index (κ1) is 19.3. The summed E-state index contributed by atoms with van der Waals surface area (Å²) in [5.41, 5.74) is 2.79. The van der Waals surface area contributed by atoms with Crippen LogP contribution in [0.3, 0.4) is 0 Å². The summed E-state index contributed by atoms with van der Waals surface area (Å²) in [5, 5.41) is 5.12. The highest BCUT2D eigenvalue weighted by molar-refractivity contribution is 7.85. The van der Waals surface area contributed by atoms with Crippen molar-refractivity contribution in [3.63, 3.8) is 0 Å². The van der Waals surface area contributed by atoms with Crippen LogP contribution in [0.2, 0.25) is 0 Å². The van der Waals surface area contributed by atoms with E-state index in [0.717, 1.165) is 18.1 Å². The molecule has 146 valence electrons. The maximum atomic E-state index is 11.5. The summed E-state index contributed by atoms with van der Waals surface area (Å²) in [6.07, 6.45) is 6.64. The average molecular weight is 404 g/mol. The number of benzene rings is 3. The Morgan fingerprint density at radius 2 is 1.45 bits per heavy atom. The highest BCUT2D eigenvalue weighted by Crippen LogP contribution is 2.16. The molecule has 2 aliphatic carbocycles. The third-order valence-corrected chi connectivity index (χ3v) is 6.09. The van der Waals surface area contributed by atoms with Crippen molar-refractivity contribution in [1.29, 1.82) is 0 Å². The quantitative estimate of drug-likeness (QED) is 0.633. The molecule has 29 heavy (non-hydrogen) atoms. The lowest BCUT2D eigenvalue weighted by molar-refractivity contribution is -0.113. The summed E-state index contributed by atoms with van der Waals surface area (Å²) in [6.45, 7) is 0. The first-order chi connectivity index (χ1) is 13.9. The molecule has 5 rings (SSSR count). The van der Waals surface area contributed by atoms with Crippen LogP contribution in [0.5, 0.6) is 0 Å². The lowest BCUT2D eigenvalue weighted by Crippen LogP contribution is -2.22. The first-order valence-electron chi connectivity index (χ1n) is 9.41. The molecule has 0 saturated heterocycles. The molecule has 0 amide bonds. The minimum atomic E-state index is -4.00. The third-order valence-electron chi connectivity index (χ3n) is 5.22. The van der Waals surface area contributed by atoms with Crippen LogP contribution in [-0.4, -0.2) is 18.8 Å². The van der Waals surface area contributed by atoms with Gasteiger partial charge < -0.3 is 0 Å². The summed E-state index contributed by atoms with van der Waals surface area (Å²) in [4.78, 5) is 11.5. The Bertz CT molecular complexity index is 1410. The van der Waals surface area contributed by atoms with Gasteiger partial charge in [0.25, 0.3) is 10.1 Å². The summed E-state index contributed by atoms with van der Waals surface area (Å²) in [5.74, 6) is 0.257. The molecular formula is C24H20O4S. The Kier molecular flexibility index (Phi) is 5.18. The number of ketones is 1. The second-order valence-corrected chi connectivity index (χ2v) is 8.48. The van der Waals surface area contributed by atoms with Gasteiger partial charge in [-0.15, -0.1) is 0 Å². The van der Waals surface area contributed by atoms with E-state index in [-0.39, 0.29) is 10.7 Å². The van der Waals surface area contributed by atoms with Gasteiger partial charge in [-0.25, -0.2) is 0 Å². The number of rotatable bonds is 1. The Morgan fingerprint density at radius 3 is 2.17 bits per heavy atom. The summed E-state index contributed by atoms with van der Waals surface area (Å²) >= 11 is 0. The maximum Gasteiger partial charge on any atom is 0.294 e. The van der Waals surface area contributed by atoms with E-state index in [1.807, 2.05) is 0 Å². The largest absolute Gasteiger partial charge is 0.295 e. The molecular weight excluding hydrogens is 384 g/mol. The Balaban J connectivity index is 0.000000174. The van der Waals surface area contributed by atoms with Gasteiger partial charge >= 0.3 is 0 Å². The van der Waals surface area contributed by atoms with Crippen molar-refractivity contribution in [2.45, 2.75) is 24.2 Å². The first-order valence-corrected chi connectivity index (χ1v) is 10.8. The lowest BCUT2D eigenvalue weighted by Gasteiger charge is -2.15. The number of Topliss-reactive ketones (excluding diaryl/α,β-unsaturated/α-hetero) is 1. The van der Waals surface area contributed by atoms with E-state index in [0.29, 0.717) is 6.42 Å². The molecule has 0 radical (unpaired) electrons. The highest BCUT2D eigenvalue weighted by Gasteiger charge is 2.14. The fraction of sp³-hybridized carbons (Fsp3) is 0.125. The molecule has 0 bridgehead atoms. The summed E-state index contributed by atoms with van der Waals surface area (Å²) in [7, 11) is -4.00. The van der Waals surface area contributed by atoms with Gasteiger partial charge in [0.2, 0.25) is 0 Å². The normalized spacial score (nSPS) is 14.2. The van der Waals surface area contributed by atoms with E-state index < -0.39 is 10.1 Å². The molecule has 3 aromatic carbocycles. The summed E-state index contributed by atoms with van der Waals surface area (Å²) in [6, 6.07) is 20.2. The van der Waals surface area contributed by atoms with Gasteiger partial charge in [0.15, 0.2) is 5.78 Å². The van der Waals surface area contributed by atoms with E-state index in [1.165, 1.54) is 38.9 Å². The molecule has 3 aromatic rings. The number of carbonyl (C=O) groups is 1. The van der Waals surface area contributed by atoms with Gasteiger partial charge in [-0.2, -0.15) is 8.42 Å². The van der Waals surface area contributed by atoms with Crippen LogP contribution in [0.1, 0.15) is 17.5 Å². The van der Waals surface area contributed by atoms with Crippen molar-refractivity contribution in [2.75, 3.05) is 0 Å². The molecule has 0 saturated carbocycles. The van der Waals surface area contributed by atoms with Gasteiger partial charge in [0, 0.05) is 6.42 Å². The van der Waals surface area contributed by atoms with Crippen LogP contribution in [0, 0.1) is 10.4 Å². The van der Waals surface area contributed by atoms with Crippen molar-refractivity contribution >= 4 is 28.1 Å². The maximum absolute atomic E-state index is 11.5. The summed E-state index contributed by atoms with van der Waals surface area (Å²) < 4.78 is 29.2. The topological polar surface area (TPSA) is 71.4 Å². The molecule has 0 spiro atoms. The van der Waals surface area contributed by atoms with E-state index in [1.54, 1.807) is 24.3 Å².